The Hall–Kier alpha value is -2.95. The maximum absolute atomic E-state index is 13.7. The number of amides is 1. The normalized spacial score (nSPS) is 33.5. The lowest BCUT2D eigenvalue weighted by molar-refractivity contribution is -0.184. The molecule has 1 aromatic carbocycles. The van der Waals surface area contributed by atoms with Crippen molar-refractivity contribution in [2.45, 2.75) is 30.6 Å². The lowest BCUT2D eigenvalue weighted by Crippen LogP contribution is -2.73. The van der Waals surface area contributed by atoms with Crippen molar-refractivity contribution in [3.05, 3.63) is 28.8 Å². The first-order valence-electron chi connectivity index (χ1n) is 10.7. The molecule has 0 aromatic heterocycles. The Kier molecular flexibility index (Phi) is 5.31. The highest BCUT2D eigenvalue weighted by molar-refractivity contribution is 6.25. The standard InChI is InChI=1S/C23H29N3O7/c1-25(2)12-5-6-13(27)15-10(12)7-9-8-11-17(26(3)4)19(29)16(22(24)32)21(31)23(11,33)20(30)14(9)18(15)28/h5-6,9,11,16-17,19,27-29,33H,7-8H2,1-4H3,(H2,24,32)/t9-,11-,16+,17-,19-,23-/m0/s1. The number of carbonyl (C=O) groups is 3. The molecule has 0 aliphatic heterocycles. The average Bonchev–Trinajstić information content (AvgIpc) is 2.70. The molecule has 6 atom stereocenters. The van der Waals surface area contributed by atoms with Crippen LogP contribution in [0.5, 0.6) is 5.75 Å². The fraction of sp³-hybridized carbons (Fsp3) is 0.522. The van der Waals surface area contributed by atoms with Crippen molar-refractivity contribution in [1.29, 1.82) is 0 Å². The molecule has 1 aromatic rings. The number of primary amides is 1. The topological polar surface area (TPSA) is 165 Å². The predicted octanol–water partition coefficient (Wildman–Crippen LogP) is -0.805. The third-order valence-electron chi connectivity index (χ3n) is 7.43. The first-order valence-corrected chi connectivity index (χ1v) is 10.7. The molecule has 0 unspecified atom stereocenters. The number of nitrogens with two attached hydrogens (primary N) is 1. The minimum atomic E-state index is -2.64. The number of nitrogens with zero attached hydrogens (tertiary/aromatic N) is 2. The van der Waals surface area contributed by atoms with E-state index in [1.54, 1.807) is 25.1 Å². The van der Waals surface area contributed by atoms with E-state index < -0.39 is 58.7 Å². The second kappa shape index (κ2) is 7.54. The summed E-state index contributed by atoms with van der Waals surface area (Å²) < 4.78 is 0. The van der Waals surface area contributed by atoms with E-state index in [1.165, 1.54) is 6.07 Å². The van der Waals surface area contributed by atoms with Crippen molar-refractivity contribution in [3.63, 3.8) is 0 Å². The summed E-state index contributed by atoms with van der Waals surface area (Å²) in [7, 11) is 6.87. The third-order valence-corrected chi connectivity index (χ3v) is 7.43. The zero-order valence-electron chi connectivity index (χ0n) is 18.9. The Morgan fingerprint density at radius 2 is 1.79 bits per heavy atom. The monoisotopic (exact) mass is 459 g/mol. The van der Waals surface area contributed by atoms with Gasteiger partial charge in [0.1, 0.15) is 17.4 Å². The van der Waals surface area contributed by atoms with Gasteiger partial charge < -0.3 is 36.0 Å². The van der Waals surface area contributed by atoms with Gasteiger partial charge in [-0.25, -0.2) is 0 Å². The van der Waals surface area contributed by atoms with Crippen LogP contribution in [0.1, 0.15) is 17.5 Å². The number of aliphatic hydroxyl groups is 3. The molecule has 6 N–H and O–H groups in total. The number of anilines is 1. The number of aromatic hydroxyl groups is 1. The van der Waals surface area contributed by atoms with Crippen LogP contribution in [-0.2, 0) is 20.8 Å². The fourth-order valence-electron chi connectivity index (χ4n) is 6.01. The summed E-state index contributed by atoms with van der Waals surface area (Å²) in [5.74, 6) is -7.40. The van der Waals surface area contributed by atoms with Crippen LogP contribution in [-0.4, -0.2) is 88.7 Å². The van der Waals surface area contributed by atoms with Gasteiger partial charge in [-0.2, -0.15) is 0 Å². The molecule has 0 spiro atoms. The zero-order valence-corrected chi connectivity index (χ0v) is 18.9. The summed E-state index contributed by atoms with van der Waals surface area (Å²) >= 11 is 0. The smallest absolute Gasteiger partial charge is 0.230 e. The van der Waals surface area contributed by atoms with E-state index in [0.29, 0.717) is 5.56 Å². The zero-order chi connectivity index (χ0) is 24.6. The van der Waals surface area contributed by atoms with E-state index in [0.717, 1.165) is 5.69 Å². The molecule has 0 bridgehead atoms. The Balaban J connectivity index is 1.94. The number of phenols is 1. The van der Waals surface area contributed by atoms with Crippen molar-refractivity contribution in [1.82, 2.24) is 4.90 Å². The molecule has 10 nitrogen and oxygen atoms in total. The molecule has 0 saturated heterocycles. The van der Waals surface area contributed by atoms with Gasteiger partial charge in [0.2, 0.25) is 11.7 Å². The van der Waals surface area contributed by atoms with E-state index >= 15 is 0 Å². The number of ketones is 2. The van der Waals surface area contributed by atoms with Crippen LogP contribution in [0.4, 0.5) is 5.69 Å². The maximum atomic E-state index is 13.7. The second-order valence-corrected chi connectivity index (χ2v) is 9.64. The first-order chi connectivity index (χ1) is 15.3. The number of phenolic OH excluding ortho intramolecular Hbond substituents is 1. The van der Waals surface area contributed by atoms with E-state index in [1.807, 2.05) is 19.0 Å². The quantitative estimate of drug-likeness (QED) is 0.364. The molecule has 3 aliphatic carbocycles. The van der Waals surface area contributed by atoms with Gasteiger partial charge in [0.05, 0.1) is 11.7 Å². The van der Waals surface area contributed by atoms with Gasteiger partial charge in [-0.05, 0) is 50.6 Å². The number of aliphatic hydroxyl groups excluding tert-OH is 2. The number of hydrogen-bond acceptors (Lipinski definition) is 9. The van der Waals surface area contributed by atoms with Gasteiger partial charge in [-0.15, -0.1) is 0 Å². The number of likely N-dealkylation sites (N-methyl/N-ethyl adjacent to an activating group) is 1. The number of hydrogen-bond donors (Lipinski definition) is 5. The molecule has 1 amide bonds. The lowest BCUT2D eigenvalue weighted by Gasteiger charge is -2.53. The van der Waals surface area contributed by atoms with Crippen LogP contribution >= 0.6 is 0 Å². The summed E-state index contributed by atoms with van der Waals surface area (Å²) in [5.41, 5.74) is 4.05. The van der Waals surface area contributed by atoms with E-state index in [4.69, 9.17) is 5.73 Å². The van der Waals surface area contributed by atoms with Gasteiger partial charge in [0.25, 0.3) is 0 Å². The van der Waals surface area contributed by atoms with Gasteiger partial charge >= 0.3 is 0 Å². The molecular formula is C23H29N3O7. The van der Waals surface area contributed by atoms with Gasteiger partial charge in [-0.1, -0.05) is 0 Å². The maximum Gasteiger partial charge on any atom is 0.230 e. The van der Waals surface area contributed by atoms with E-state index in [9.17, 15) is 34.8 Å². The summed E-state index contributed by atoms with van der Waals surface area (Å²) in [6.07, 6.45) is -1.13. The van der Waals surface area contributed by atoms with Crippen LogP contribution < -0.4 is 10.6 Å². The highest BCUT2D eigenvalue weighted by Crippen LogP contribution is 2.53. The summed E-state index contributed by atoms with van der Waals surface area (Å²) in [4.78, 5) is 42.3. The molecule has 0 radical (unpaired) electrons. The van der Waals surface area contributed by atoms with Crippen molar-refractivity contribution < 1.29 is 34.8 Å². The number of benzene rings is 1. The minimum Gasteiger partial charge on any atom is -0.507 e. The highest BCUT2D eigenvalue weighted by atomic mass is 16.3. The Bertz CT molecular complexity index is 1100. The fourth-order valence-corrected chi connectivity index (χ4v) is 6.01. The molecular weight excluding hydrogens is 430 g/mol. The van der Waals surface area contributed by atoms with Crippen LogP contribution in [0, 0.1) is 17.8 Å². The Morgan fingerprint density at radius 1 is 1.15 bits per heavy atom. The van der Waals surface area contributed by atoms with Crippen molar-refractivity contribution in [3.8, 4) is 5.75 Å². The molecule has 10 heteroatoms. The second-order valence-electron chi connectivity index (χ2n) is 9.64. The van der Waals surface area contributed by atoms with Crippen LogP contribution in [0.3, 0.4) is 0 Å². The summed E-state index contributed by atoms with van der Waals surface area (Å²) in [5, 5.41) is 44.0. The van der Waals surface area contributed by atoms with Crippen molar-refractivity contribution in [2.24, 2.45) is 23.5 Å². The number of Topliss-reactive ketones (excluding diaryl/α,β-unsaturated/α-hetero) is 2. The summed E-state index contributed by atoms with van der Waals surface area (Å²) in [6.45, 7) is 0. The highest BCUT2D eigenvalue weighted by Gasteiger charge is 2.67. The van der Waals surface area contributed by atoms with Gasteiger partial charge in [0.15, 0.2) is 11.4 Å². The third kappa shape index (κ3) is 3.01. The molecule has 4 rings (SSSR count). The average molecular weight is 459 g/mol. The molecule has 2 saturated carbocycles. The SMILES string of the molecule is CN(C)c1ccc(O)c2c1C[C@H]1C[C@H]3[C@H](N(C)C)[C@@H](O)[C@@H](C(N)=O)C(=O)[C@@]3(O)C(=O)C1=C2O. The van der Waals surface area contributed by atoms with Crippen LogP contribution in [0.25, 0.3) is 5.76 Å². The van der Waals surface area contributed by atoms with Crippen LogP contribution in [0.15, 0.2) is 17.7 Å². The molecule has 33 heavy (non-hydrogen) atoms. The van der Waals surface area contributed by atoms with Gasteiger partial charge in [-0.3, -0.25) is 14.4 Å². The predicted molar refractivity (Wildman–Crippen MR) is 118 cm³/mol. The number of carbonyl (C=O) groups excluding carboxylic acids is 3. The first kappa shape index (κ1) is 23.2. The van der Waals surface area contributed by atoms with Gasteiger partial charge in [0, 0.05) is 37.3 Å². The van der Waals surface area contributed by atoms with Crippen molar-refractivity contribution in [2.75, 3.05) is 33.1 Å². The van der Waals surface area contributed by atoms with Crippen LogP contribution in [0.2, 0.25) is 0 Å². The molecule has 2 fully saturated rings. The number of fused-ring (bicyclic) bond motifs is 3. The van der Waals surface area contributed by atoms with E-state index in [2.05, 4.69) is 0 Å². The minimum absolute atomic E-state index is 0.0850. The molecule has 0 heterocycles. The Labute approximate surface area is 190 Å². The number of rotatable bonds is 3. The van der Waals surface area contributed by atoms with Crippen molar-refractivity contribution >= 4 is 28.9 Å². The largest absolute Gasteiger partial charge is 0.507 e. The lowest BCUT2D eigenvalue weighted by atomic mass is 9.54. The summed E-state index contributed by atoms with van der Waals surface area (Å²) in [6, 6.07) is 2.21. The Morgan fingerprint density at radius 3 is 2.33 bits per heavy atom. The molecule has 3 aliphatic rings. The molecule has 178 valence electrons. The van der Waals surface area contributed by atoms with E-state index in [-0.39, 0.29) is 29.7 Å².